The van der Waals surface area contributed by atoms with E-state index in [1.54, 1.807) is 24.3 Å². The summed E-state index contributed by atoms with van der Waals surface area (Å²) < 4.78 is 5.35. The maximum Gasteiger partial charge on any atom is 0.311 e. The largest absolute Gasteiger partial charge is 0.427 e. The van der Waals surface area contributed by atoms with Gasteiger partial charge in [0.05, 0.1) is 17.5 Å². The topological polar surface area (TPSA) is 63.7 Å². The number of unbranched alkanes of at least 4 members (excludes halogenated alkanes) is 3. The molecule has 152 valence electrons. The number of halogens is 2. The van der Waals surface area contributed by atoms with Gasteiger partial charge in [-0.15, -0.1) is 0 Å². The molecule has 0 unspecified atom stereocenters. The molecule has 4 atom stereocenters. The predicted octanol–water partition coefficient (Wildman–Crippen LogP) is 4.99. The molecule has 1 aliphatic heterocycles. The third kappa shape index (κ3) is 4.67. The van der Waals surface area contributed by atoms with Crippen LogP contribution in [0.4, 0.5) is 5.69 Å². The zero-order valence-corrected chi connectivity index (χ0v) is 19.1. The molecule has 0 spiro atoms. The highest BCUT2D eigenvalue weighted by Gasteiger charge is 2.52. The lowest BCUT2D eigenvalue weighted by molar-refractivity contribution is -0.134. The van der Waals surface area contributed by atoms with Crippen LogP contribution in [-0.2, 0) is 14.4 Å². The summed E-state index contributed by atoms with van der Waals surface area (Å²) in [5.41, 5.74) is 0.532. The van der Waals surface area contributed by atoms with Gasteiger partial charge in [-0.1, -0.05) is 58.0 Å². The number of ether oxygens (including phenoxy) is 1. The summed E-state index contributed by atoms with van der Waals surface area (Å²) in [6, 6.07) is 6.62. The molecule has 0 aromatic heterocycles. The van der Waals surface area contributed by atoms with Crippen molar-refractivity contribution in [2.75, 3.05) is 4.90 Å². The van der Waals surface area contributed by atoms with Gasteiger partial charge in [0.25, 0.3) is 0 Å². The Morgan fingerprint density at radius 1 is 1.00 bits per heavy atom. The van der Waals surface area contributed by atoms with Crippen molar-refractivity contribution in [1.29, 1.82) is 0 Å². The van der Waals surface area contributed by atoms with Crippen molar-refractivity contribution in [1.82, 2.24) is 0 Å². The second-order valence-electron chi connectivity index (χ2n) is 7.51. The molecule has 2 aliphatic rings. The number of carbonyl (C=O) groups is 3. The summed E-state index contributed by atoms with van der Waals surface area (Å²) in [5, 5.41) is 0. The van der Waals surface area contributed by atoms with Crippen molar-refractivity contribution in [2.24, 2.45) is 11.8 Å². The number of anilines is 1. The van der Waals surface area contributed by atoms with Gasteiger partial charge >= 0.3 is 5.97 Å². The van der Waals surface area contributed by atoms with Crippen LogP contribution in [0, 0.1) is 11.8 Å². The Kier molecular flexibility index (Phi) is 7.31. The van der Waals surface area contributed by atoms with E-state index < -0.39 is 0 Å². The standard InChI is InChI=1S/C21H25Br2NO4/c1-2-3-4-5-6-19(25)28-14-9-7-13(8-10-14)24-20(26)15-11-17(22)18(23)12-16(15)21(24)27/h7-10,15-18H,2-6,11-12H2,1H3/t15-,16+,17-,18-/m0/s1. The number of alkyl halides is 2. The number of hydrogen-bond acceptors (Lipinski definition) is 4. The Balaban J connectivity index is 1.62. The first kappa shape index (κ1) is 21.5. The monoisotopic (exact) mass is 513 g/mol. The van der Waals surface area contributed by atoms with Crippen LogP contribution in [-0.4, -0.2) is 27.4 Å². The minimum absolute atomic E-state index is 0.139. The summed E-state index contributed by atoms with van der Waals surface area (Å²) in [7, 11) is 0. The second-order valence-corrected chi connectivity index (χ2v) is 9.86. The molecule has 1 aliphatic carbocycles. The lowest BCUT2D eigenvalue weighted by Crippen LogP contribution is -2.34. The van der Waals surface area contributed by atoms with Gasteiger partial charge in [0, 0.05) is 16.1 Å². The van der Waals surface area contributed by atoms with Gasteiger partial charge in [-0.3, -0.25) is 19.3 Å². The van der Waals surface area contributed by atoms with Crippen LogP contribution in [0.25, 0.3) is 0 Å². The first-order valence-corrected chi connectivity index (χ1v) is 11.7. The SMILES string of the molecule is CCCCCCC(=O)Oc1ccc(N2C(=O)[C@H]3C[C@H](Br)[C@@H](Br)C[C@H]3C2=O)cc1. The van der Waals surface area contributed by atoms with Crippen LogP contribution in [0.3, 0.4) is 0 Å². The van der Waals surface area contributed by atoms with Crippen molar-refractivity contribution >= 4 is 55.3 Å². The molecular weight excluding hydrogens is 490 g/mol. The fourth-order valence-electron chi connectivity index (χ4n) is 3.89. The molecule has 0 bridgehead atoms. The molecule has 1 aromatic carbocycles. The average molecular weight is 515 g/mol. The van der Waals surface area contributed by atoms with Crippen molar-refractivity contribution in [2.45, 2.75) is 61.5 Å². The third-order valence-electron chi connectivity index (χ3n) is 5.47. The summed E-state index contributed by atoms with van der Waals surface area (Å²) in [5.74, 6) is -0.645. The first-order valence-electron chi connectivity index (χ1n) is 9.89. The molecule has 1 saturated carbocycles. The summed E-state index contributed by atoms with van der Waals surface area (Å²) in [4.78, 5) is 39.2. The summed E-state index contributed by atoms with van der Waals surface area (Å²) in [6.07, 6.45) is 5.79. The Hall–Kier alpha value is -1.21. The minimum Gasteiger partial charge on any atom is -0.427 e. The molecule has 2 amide bonds. The first-order chi connectivity index (χ1) is 13.4. The van der Waals surface area contributed by atoms with Gasteiger partial charge in [-0.05, 0) is 43.5 Å². The number of amides is 2. The Morgan fingerprint density at radius 2 is 1.57 bits per heavy atom. The van der Waals surface area contributed by atoms with E-state index in [1.165, 1.54) is 4.90 Å². The molecule has 28 heavy (non-hydrogen) atoms. The van der Waals surface area contributed by atoms with E-state index >= 15 is 0 Å². The number of imide groups is 1. The van der Waals surface area contributed by atoms with Crippen molar-refractivity contribution in [3.63, 3.8) is 0 Å². The van der Waals surface area contributed by atoms with Crippen molar-refractivity contribution < 1.29 is 19.1 Å². The number of esters is 1. The van der Waals surface area contributed by atoms with Crippen LogP contribution in [0.1, 0.15) is 51.9 Å². The normalized spacial score (nSPS) is 27.0. The van der Waals surface area contributed by atoms with Crippen LogP contribution in [0.15, 0.2) is 24.3 Å². The van der Waals surface area contributed by atoms with E-state index in [-0.39, 0.29) is 39.3 Å². The number of carbonyl (C=O) groups excluding carboxylic acids is 3. The molecule has 7 heteroatoms. The number of benzene rings is 1. The summed E-state index contributed by atoms with van der Waals surface area (Å²) >= 11 is 7.19. The highest BCUT2D eigenvalue weighted by molar-refractivity contribution is 9.12. The Bertz CT molecular complexity index is 708. The van der Waals surface area contributed by atoms with Crippen LogP contribution in [0.5, 0.6) is 5.75 Å². The number of rotatable bonds is 7. The van der Waals surface area contributed by atoms with Crippen LogP contribution < -0.4 is 9.64 Å². The van der Waals surface area contributed by atoms with Gasteiger partial charge in [0.1, 0.15) is 5.75 Å². The predicted molar refractivity (Wildman–Crippen MR) is 115 cm³/mol. The van der Waals surface area contributed by atoms with E-state index in [0.717, 1.165) is 25.7 Å². The maximum atomic E-state index is 12.8. The number of nitrogens with zero attached hydrogens (tertiary/aromatic N) is 1. The van der Waals surface area contributed by atoms with Crippen molar-refractivity contribution in [3.8, 4) is 5.75 Å². The van der Waals surface area contributed by atoms with Crippen molar-refractivity contribution in [3.05, 3.63) is 24.3 Å². The maximum absolute atomic E-state index is 12.8. The van der Waals surface area contributed by atoms with Gasteiger partial charge in [-0.2, -0.15) is 0 Å². The number of fused-ring (bicyclic) bond motifs is 1. The lowest BCUT2D eigenvalue weighted by atomic mass is 9.81. The minimum atomic E-state index is -0.272. The second kappa shape index (κ2) is 9.53. The molecule has 3 rings (SSSR count). The molecule has 2 fully saturated rings. The third-order valence-corrected chi connectivity index (χ3v) is 8.21. The molecule has 1 saturated heterocycles. The zero-order valence-electron chi connectivity index (χ0n) is 15.9. The molecule has 1 heterocycles. The highest BCUT2D eigenvalue weighted by Crippen LogP contribution is 2.44. The Morgan fingerprint density at radius 3 is 2.11 bits per heavy atom. The van der Waals surface area contributed by atoms with E-state index in [9.17, 15) is 14.4 Å². The van der Waals surface area contributed by atoms with E-state index in [4.69, 9.17) is 4.74 Å². The van der Waals surface area contributed by atoms with Gasteiger partial charge in [0.15, 0.2) is 0 Å². The molecule has 0 N–H and O–H groups in total. The lowest BCUT2D eigenvalue weighted by Gasteiger charge is -2.29. The van der Waals surface area contributed by atoms with Gasteiger partial charge in [0.2, 0.25) is 11.8 Å². The smallest absolute Gasteiger partial charge is 0.311 e. The molecular formula is C21H25Br2NO4. The molecule has 0 radical (unpaired) electrons. The summed E-state index contributed by atoms with van der Waals surface area (Å²) in [6.45, 7) is 2.13. The van der Waals surface area contributed by atoms with E-state index in [0.29, 0.717) is 30.7 Å². The number of hydrogen-bond donors (Lipinski definition) is 0. The average Bonchev–Trinajstić information content (AvgIpc) is 2.90. The fraction of sp³-hybridized carbons (Fsp3) is 0.571. The van der Waals surface area contributed by atoms with Crippen LogP contribution >= 0.6 is 31.9 Å². The van der Waals surface area contributed by atoms with Crippen LogP contribution in [0.2, 0.25) is 0 Å². The Labute approximate surface area is 182 Å². The molecule has 1 aromatic rings. The quantitative estimate of drug-likeness (QED) is 0.169. The fourth-order valence-corrected chi connectivity index (χ4v) is 5.13. The van der Waals surface area contributed by atoms with E-state index in [1.807, 2.05) is 0 Å². The van der Waals surface area contributed by atoms with E-state index in [2.05, 4.69) is 38.8 Å². The highest BCUT2D eigenvalue weighted by atomic mass is 79.9. The molecule has 5 nitrogen and oxygen atoms in total. The van der Waals surface area contributed by atoms with Gasteiger partial charge in [-0.25, -0.2) is 0 Å². The zero-order chi connectivity index (χ0) is 20.3. The van der Waals surface area contributed by atoms with Gasteiger partial charge < -0.3 is 4.74 Å².